The van der Waals surface area contributed by atoms with Crippen molar-refractivity contribution in [3.05, 3.63) is 29.8 Å². The van der Waals surface area contributed by atoms with Gasteiger partial charge in [0.15, 0.2) is 0 Å². The average Bonchev–Trinajstić information content (AvgIpc) is 3.08. The number of sulfonamides is 1. The van der Waals surface area contributed by atoms with Crippen LogP contribution < -0.4 is 10.6 Å². The molecule has 1 aromatic carbocycles. The summed E-state index contributed by atoms with van der Waals surface area (Å²) < 4.78 is 28.3. The van der Waals surface area contributed by atoms with Gasteiger partial charge in [-0.3, -0.25) is 4.79 Å². The van der Waals surface area contributed by atoms with Gasteiger partial charge in [-0.25, -0.2) is 17.5 Å². The minimum Gasteiger partial charge on any atom is -0.338 e. The molecular weight excluding hydrogens is 426 g/mol. The van der Waals surface area contributed by atoms with E-state index in [0.29, 0.717) is 38.4 Å². The van der Waals surface area contributed by atoms with Crippen LogP contribution in [-0.2, 0) is 14.8 Å². The van der Waals surface area contributed by atoms with Crippen LogP contribution in [0.5, 0.6) is 0 Å². The predicted octanol–water partition coefficient (Wildman–Crippen LogP) is 3.55. The number of urea groups is 1. The quantitative estimate of drug-likeness (QED) is 0.677. The summed E-state index contributed by atoms with van der Waals surface area (Å²) in [7, 11) is -3.55. The highest BCUT2D eigenvalue weighted by Crippen LogP contribution is 2.64. The molecule has 3 unspecified atom stereocenters. The van der Waals surface area contributed by atoms with Crippen LogP contribution in [-0.4, -0.2) is 49.9 Å². The number of hydrogen-bond donors (Lipinski definition) is 2. The molecule has 0 aromatic heterocycles. The molecule has 0 spiro atoms. The zero-order valence-electron chi connectivity index (χ0n) is 19.3. The second-order valence-corrected chi connectivity index (χ2v) is 12.5. The van der Waals surface area contributed by atoms with Gasteiger partial charge in [0.2, 0.25) is 10.0 Å². The molecule has 2 saturated carbocycles. The van der Waals surface area contributed by atoms with Crippen LogP contribution in [0.3, 0.4) is 0 Å². The highest BCUT2D eigenvalue weighted by atomic mass is 32.2. The Morgan fingerprint density at radius 2 is 1.91 bits per heavy atom. The van der Waals surface area contributed by atoms with Crippen molar-refractivity contribution in [1.82, 2.24) is 9.62 Å². The molecule has 7 nitrogen and oxygen atoms in total. The van der Waals surface area contributed by atoms with Crippen molar-refractivity contribution in [2.24, 2.45) is 22.7 Å². The summed E-state index contributed by atoms with van der Waals surface area (Å²) in [5, 5.41) is 5.69. The summed E-state index contributed by atoms with van der Waals surface area (Å²) >= 11 is 0. The van der Waals surface area contributed by atoms with Gasteiger partial charge in [-0.2, -0.15) is 0 Å². The molecule has 3 fully saturated rings. The zero-order valence-corrected chi connectivity index (χ0v) is 20.1. The van der Waals surface area contributed by atoms with E-state index in [-0.39, 0.29) is 28.9 Å². The van der Waals surface area contributed by atoms with E-state index in [1.165, 1.54) is 0 Å². The highest BCUT2D eigenvalue weighted by Gasteiger charge is 2.65. The Bertz CT molecular complexity index is 989. The topological polar surface area (TPSA) is 95.6 Å². The number of piperidine rings is 1. The summed E-state index contributed by atoms with van der Waals surface area (Å²) in [6, 6.07) is 7.28. The van der Waals surface area contributed by atoms with Gasteiger partial charge < -0.3 is 10.6 Å². The smallest absolute Gasteiger partial charge is 0.319 e. The van der Waals surface area contributed by atoms with Gasteiger partial charge in [-0.15, -0.1) is 0 Å². The maximum atomic E-state index is 13.4. The molecule has 32 heavy (non-hydrogen) atoms. The first-order valence-corrected chi connectivity index (χ1v) is 13.3. The lowest BCUT2D eigenvalue weighted by Gasteiger charge is -2.39. The second-order valence-electron chi connectivity index (χ2n) is 10.5. The molecule has 8 heteroatoms. The number of amides is 2. The van der Waals surface area contributed by atoms with E-state index in [0.717, 1.165) is 30.5 Å². The Morgan fingerprint density at radius 1 is 1.19 bits per heavy atom. The van der Waals surface area contributed by atoms with Crippen molar-refractivity contribution < 1.29 is 18.0 Å². The van der Waals surface area contributed by atoms with Crippen LogP contribution in [0.2, 0.25) is 0 Å². The minimum atomic E-state index is -3.55. The van der Waals surface area contributed by atoms with Crippen molar-refractivity contribution in [2.45, 2.75) is 52.9 Å². The van der Waals surface area contributed by atoms with Gasteiger partial charge in [-0.1, -0.05) is 31.5 Å². The average molecular weight is 462 g/mol. The van der Waals surface area contributed by atoms with Crippen LogP contribution in [0, 0.1) is 29.6 Å². The van der Waals surface area contributed by atoms with E-state index in [4.69, 9.17) is 0 Å². The molecule has 0 radical (unpaired) electrons. The number of carbonyl (C=O) groups excluding carboxylic acids is 2. The van der Waals surface area contributed by atoms with Crippen molar-refractivity contribution >= 4 is 27.5 Å². The van der Waals surface area contributed by atoms with Crippen molar-refractivity contribution in [2.75, 3.05) is 30.7 Å². The number of nitrogens with one attached hydrogen (secondary N) is 2. The molecule has 2 N–H and O–H groups in total. The lowest BCUT2D eigenvalue weighted by molar-refractivity contribution is -0.128. The van der Waals surface area contributed by atoms with Gasteiger partial charge >= 0.3 is 6.03 Å². The van der Waals surface area contributed by atoms with Gasteiger partial charge in [0.25, 0.3) is 0 Å². The number of anilines is 1. The summed E-state index contributed by atoms with van der Waals surface area (Å²) in [5.41, 5.74) is 0.839. The third kappa shape index (κ3) is 4.19. The normalized spacial score (nSPS) is 29.8. The maximum absolute atomic E-state index is 13.4. The van der Waals surface area contributed by atoms with Gasteiger partial charge in [0.05, 0.1) is 5.75 Å². The Morgan fingerprint density at radius 3 is 2.53 bits per heavy atom. The number of benzene rings is 1. The fourth-order valence-corrected chi connectivity index (χ4v) is 8.33. The monoisotopic (exact) mass is 461 g/mol. The number of ketones is 1. The standard InChI is InChI=1S/C24H35N3O4S/c1-17-6-8-20(9-7-17)26-22(29)25-14-18-5-4-12-27(15-18)32(30,31)16-24-11-10-19(13-21(24)28)23(24,2)3/h6-9,18-19H,4-5,10-16H2,1-3H3,(H2,25,26,29). The highest BCUT2D eigenvalue weighted by molar-refractivity contribution is 7.89. The maximum Gasteiger partial charge on any atom is 0.319 e. The lowest BCUT2D eigenvalue weighted by atomic mass is 9.70. The zero-order chi connectivity index (χ0) is 23.1. The van der Waals surface area contributed by atoms with E-state index in [2.05, 4.69) is 24.5 Å². The molecule has 176 valence electrons. The summed E-state index contributed by atoms with van der Waals surface area (Å²) in [4.78, 5) is 25.1. The van der Waals surface area contributed by atoms with E-state index in [9.17, 15) is 18.0 Å². The predicted molar refractivity (Wildman–Crippen MR) is 125 cm³/mol. The number of hydrogen-bond acceptors (Lipinski definition) is 4. The third-order valence-electron chi connectivity index (χ3n) is 8.30. The Kier molecular flexibility index (Phi) is 6.13. The van der Waals surface area contributed by atoms with Crippen molar-refractivity contribution in [3.8, 4) is 0 Å². The molecule has 3 aliphatic rings. The molecule has 2 aliphatic carbocycles. The summed E-state index contributed by atoms with van der Waals surface area (Å²) in [6.07, 6.45) is 3.77. The molecule has 4 rings (SSSR count). The van der Waals surface area contributed by atoms with Gasteiger partial charge in [0, 0.05) is 37.2 Å². The molecule has 2 amide bonds. The van der Waals surface area contributed by atoms with E-state index >= 15 is 0 Å². The number of Topliss-reactive ketones (excluding diaryl/α,β-unsaturated/α-hetero) is 1. The van der Waals surface area contributed by atoms with Crippen molar-refractivity contribution in [3.63, 3.8) is 0 Å². The largest absolute Gasteiger partial charge is 0.338 e. The fraction of sp³-hybridized carbons (Fsp3) is 0.667. The first-order valence-electron chi connectivity index (χ1n) is 11.7. The first kappa shape index (κ1) is 23.2. The third-order valence-corrected chi connectivity index (χ3v) is 10.3. The SMILES string of the molecule is Cc1ccc(NC(=O)NCC2CCCN(S(=O)(=O)CC34CCC(CC3=O)C4(C)C)C2)cc1. The molecule has 2 bridgehead atoms. The van der Waals surface area contributed by atoms with Crippen LogP contribution >= 0.6 is 0 Å². The first-order chi connectivity index (χ1) is 15.0. The molecule has 3 atom stereocenters. The van der Waals surface area contributed by atoms with E-state index < -0.39 is 15.4 Å². The van der Waals surface area contributed by atoms with Crippen LogP contribution in [0.25, 0.3) is 0 Å². The number of carbonyl (C=O) groups is 2. The Labute approximate surface area is 191 Å². The molecule has 1 saturated heterocycles. The Hall–Kier alpha value is -1.93. The van der Waals surface area contributed by atoms with Crippen LogP contribution in [0.4, 0.5) is 10.5 Å². The number of fused-ring (bicyclic) bond motifs is 2. The molecule has 1 aliphatic heterocycles. The number of nitrogens with zero attached hydrogens (tertiary/aromatic N) is 1. The van der Waals surface area contributed by atoms with Crippen LogP contribution in [0.15, 0.2) is 24.3 Å². The minimum absolute atomic E-state index is 0.0587. The van der Waals surface area contributed by atoms with Gasteiger partial charge in [-0.05, 0) is 62.0 Å². The van der Waals surface area contributed by atoms with Crippen LogP contribution in [0.1, 0.15) is 51.5 Å². The number of aryl methyl sites for hydroxylation is 1. The fourth-order valence-electron chi connectivity index (χ4n) is 6.01. The van der Waals surface area contributed by atoms with E-state index in [1.54, 1.807) is 4.31 Å². The van der Waals surface area contributed by atoms with Crippen molar-refractivity contribution in [1.29, 1.82) is 0 Å². The van der Waals surface area contributed by atoms with E-state index in [1.807, 2.05) is 31.2 Å². The molecule has 1 heterocycles. The summed E-state index contributed by atoms with van der Waals surface area (Å²) in [6.45, 7) is 7.42. The molecular formula is C24H35N3O4S. The molecule has 1 aromatic rings. The second kappa shape index (κ2) is 8.45. The Balaban J connectivity index is 1.34. The summed E-state index contributed by atoms with van der Waals surface area (Å²) in [5.74, 6) is 0.417. The van der Waals surface area contributed by atoms with Gasteiger partial charge in [0.1, 0.15) is 5.78 Å². The number of rotatable bonds is 6. The lowest BCUT2D eigenvalue weighted by Crippen LogP contribution is -2.50.